The first-order valence-electron chi connectivity index (χ1n) is 4.67. The van der Waals surface area contributed by atoms with Crippen molar-refractivity contribution in [1.29, 1.82) is 0 Å². The molecule has 2 aromatic heterocycles. The number of thiazole rings is 1. The molecule has 0 unspecified atom stereocenters. The minimum atomic E-state index is -4.41. The molecule has 90 valence electrons. The first-order valence-corrected chi connectivity index (χ1v) is 5.55. The number of rotatable bonds is 2. The largest absolute Gasteiger partial charge is 0.416 e. The van der Waals surface area contributed by atoms with Gasteiger partial charge in [-0.2, -0.15) is 13.2 Å². The molecule has 2 aromatic rings. The van der Waals surface area contributed by atoms with Crippen molar-refractivity contribution in [2.75, 3.05) is 5.73 Å². The molecule has 2 rings (SSSR count). The highest BCUT2D eigenvalue weighted by atomic mass is 32.1. The van der Waals surface area contributed by atoms with Gasteiger partial charge in [-0.15, -0.1) is 11.3 Å². The lowest BCUT2D eigenvalue weighted by Gasteiger charge is -2.09. The van der Waals surface area contributed by atoms with Crippen molar-refractivity contribution in [2.24, 2.45) is 0 Å². The SMILES string of the molecule is Nc1cc(C(F)(F)F)cc(Cc2nccs2)n1. The molecule has 0 fully saturated rings. The highest BCUT2D eigenvalue weighted by Gasteiger charge is 2.31. The molecule has 0 aliphatic carbocycles. The Kier molecular flexibility index (Phi) is 3.01. The van der Waals surface area contributed by atoms with Crippen LogP contribution in [0.25, 0.3) is 0 Å². The van der Waals surface area contributed by atoms with E-state index in [9.17, 15) is 13.2 Å². The second-order valence-electron chi connectivity index (χ2n) is 3.37. The predicted molar refractivity (Wildman–Crippen MR) is 58.6 cm³/mol. The van der Waals surface area contributed by atoms with E-state index in [0.29, 0.717) is 5.01 Å². The molecule has 7 heteroatoms. The maximum atomic E-state index is 12.5. The van der Waals surface area contributed by atoms with Gasteiger partial charge in [0.25, 0.3) is 0 Å². The van der Waals surface area contributed by atoms with Gasteiger partial charge in [-0.3, -0.25) is 0 Å². The van der Waals surface area contributed by atoms with Crippen molar-refractivity contribution in [2.45, 2.75) is 12.6 Å². The summed E-state index contributed by atoms with van der Waals surface area (Å²) in [6, 6.07) is 1.82. The van der Waals surface area contributed by atoms with E-state index in [1.807, 2.05) is 0 Å². The number of hydrogen-bond acceptors (Lipinski definition) is 4. The van der Waals surface area contributed by atoms with Crippen LogP contribution in [-0.2, 0) is 12.6 Å². The van der Waals surface area contributed by atoms with E-state index < -0.39 is 11.7 Å². The first kappa shape index (κ1) is 11.8. The molecule has 0 bridgehead atoms. The summed E-state index contributed by atoms with van der Waals surface area (Å²) in [7, 11) is 0. The summed E-state index contributed by atoms with van der Waals surface area (Å²) >= 11 is 1.36. The highest BCUT2D eigenvalue weighted by molar-refractivity contribution is 7.09. The Labute approximate surface area is 99.1 Å². The van der Waals surface area contributed by atoms with Crippen LogP contribution >= 0.6 is 11.3 Å². The molecule has 2 heterocycles. The molecule has 0 aliphatic heterocycles. The van der Waals surface area contributed by atoms with Gasteiger partial charge >= 0.3 is 6.18 Å². The number of nitrogens with two attached hydrogens (primary N) is 1. The van der Waals surface area contributed by atoms with E-state index in [4.69, 9.17) is 5.73 Å². The van der Waals surface area contributed by atoms with E-state index in [1.54, 1.807) is 11.6 Å². The van der Waals surface area contributed by atoms with Gasteiger partial charge in [0.2, 0.25) is 0 Å². The molecule has 0 aromatic carbocycles. The normalized spacial score (nSPS) is 11.7. The van der Waals surface area contributed by atoms with Crippen molar-refractivity contribution in [3.05, 3.63) is 40.0 Å². The molecule has 0 amide bonds. The summed E-state index contributed by atoms with van der Waals surface area (Å²) in [5, 5.41) is 2.46. The molecule has 3 nitrogen and oxygen atoms in total. The Hall–Kier alpha value is -1.63. The van der Waals surface area contributed by atoms with Gasteiger partial charge in [0, 0.05) is 18.0 Å². The van der Waals surface area contributed by atoms with Crippen molar-refractivity contribution >= 4 is 17.2 Å². The van der Waals surface area contributed by atoms with Crippen LogP contribution in [0.5, 0.6) is 0 Å². The molecule has 0 spiro atoms. The van der Waals surface area contributed by atoms with E-state index >= 15 is 0 Å². The molecule has 0 aliphatic rings. The molecule has 0 saturated carbocycles. The van der Waals surface area contributed by atoms with Crippen molar-refractivity contribution in [1.82, 2.24) is 9.97 Å². The average Bonchev–Trinajstić information content (AvgIpc) is 2.68. The predicted octanol–water partition coefficient (Wildman–Crippen LogP) is 2.73. The topological polar surface area (TPSA) is 51.8 Å². The Morgan fingerprint density at radius 2 is 2.06 bits per heavy atom. The summed E-state index contributed by atoms with van der Waals surface area (Å²) in [5.74, 6) is -0.133. The minimum Gasteiger partial charge on any atom is -0.384 e. The summed E-state index contributed by atoms with van der Waals surface area (Å²) in [4.78, 5) is 7.86. The summed E-state index contributed by atoms with van der Waals surface area (Å²) in [6.07, 6.45) is -2.56. The quantitative estimate of drug-likeness (QED) is 0.902. The van der Waals surface area contributed by atoms with Gasteiger partial charge in [-0.05, 0) is 12.1 Å². The Bertz CT molecular complexity index is 508. The van der Waals surface area contributed by atoms with Gasteiger partial charge in [0.05, 0.1) is 16.3 Å². The second kappa shape index (κ2) is 4.33. The van der Waals surface area contributed by atoms with Crippen molar-refractivity contribution < 1.29 is 13.2 Å². The summed E-state index contributed by atoms with van der Waals surface area (Å²) in [5.41, 5.74) is 4.85. The lowest BCUT2D eigenvalue weighted by Crippen LogP contribution is -2.08. The van der Waals surface area contributed by atoms with Crippen LogP contribution in [0.1, 0.15) is 16.3 Å². The number of hydrogen-bond donors (Lipinski definition) is 1. The van der Waals surface area contributed by atoms with E-state index in [0.717, 1.165) is 12.1 Å². The minimum absolute atomic E-state index is 0.133. The Balaban J connectivity index is 2.32. The van der Waals surface area contributed by atoms with Gasteiger partial charge in [-0.25, -0.2) is 9.97 Å². The molecular weight excluding hydrogens is 251 g/mol. The average molecular weight is 259 g/mol. The zero-order chi connectivity index (χ0) is 12.5. The van der Waals surface area contributed by atoms with Crippen LogP contribution in [0.2, 0.25) is 0 Å². The Morgan fingerprint density at radius 3 is 2.65 bits per heavy atom. The molecule has 2 N–H and O–H groups in total. The zero-order valence-electron chi connectivity index (χ0n) is 8.53. The van der Waals surface area contributed by atoms with Crippen LogP contribution in [0.4, 0.5) is 19.0 Å². The van der Waals surface area contributed by atoms with Gasteiger partial charge in [-0.1, -0.05) is 0 Å². The number of anilines is 1. The number of aromatic nitrogens is 2. The lowest BCUT2D eigenvalue weighted by atomic mass is 10.2. The van der Waals surface area contributed by atoms with Gasteiger partial charge in [0.15, 0.2) is 0 Å². The van der Waals surface area contributed by atoms with Crippen LogP contribution in [0.15, 0.2) is 23.7 Å². The number of alkyl halides is 3. The monoisotopic (exact) mass is 259 g/mol. The van der Waals surface area contributed by atoms with E-state index in [1.165, 1.54) is 11.3 Å². The number of nitrogen functional groups attached to an aromatic ring is 1. The standard InChI is InChI=1S/C10H8F3N3S/c11-10(12,13)6-3-7(16-8(14)4-6)5-9-15-1-2-17-9/h1-4H,5H2,(H2,14,16). The fourth-order valence-corrected chi connectivity index (χ4v) is 1.99. The highest BCUT2D eigenvalue weighted by Crippen LogP contribution is 2.30. The van der Waals surface area contributed by atoms with Crippen LogP contribution in [0, 0.1) is 0 Å². The number of nitrogens with zero attached hydrogens (tertiary/aromatic N) is 2. The molecule has 17 heavy (non-hydrogen) atoms. The molecule has 0 saturated heterocycles. The molecular formula is C10H8F3N3S. The van der Waals surface area contributed by atoms with Crippen LogP contribution in [0.3, 0.4) is 0 Å². The maximum Gasteiger partial charge on any atom is 0.416 e. The smallest absolute Gasteiger partial charge is 0.384 e. The summed E-state index contributed by atoms with van der Waals surface area (Å²) < 4.78 is 37.6. The fraction of sp³-hybridized carbons (Fsp3) is 0.200. The van der Waals surface area contributed by atoms with Crippen molar-refractivity contribution in [3.8, 4) is 0 Å². The second-order valence-corrected chi connectivity index (χ2v) is 4.35. The number of pyridine rings is 1. The molecule has 0 radical (unpaired) electrons. The number of halogens is 3. The summed E-state index contributed by atoms with van der Waals surface area (Å²) in [6.45, 7) is 0. The van der Waals surface area contributed by atoms with E-state index in [-0.39, 0.29) is 17.9 Å². The van der Waals surface area contributed by atoms with Crippen LogP contribution < -0.4 is 5.73 Å². The molecule has 0 atom stereocenters. The Morgan fingerprint density at radius 1 is 1.29 bits per heavy atom. The third kappa shape index (κ3) is 2.94. The third-order valence-electron chi connectivity index (χ3n) is 2.04. The zero-order valence-corrected chi connectivity index (χ0v) is 9.35. The maximum absolute atomic E-state index is 12.5. The van der Waals surface area contributed by atoms with Gasteiger partial charge in [0.1, 0.15) is 5.82 Å². The lowest BCUT2D eigenvalue weighted by molar-refractivity contribution is -0.137. The van der Waals surface area contributed by atoms with E-state index in [2.05, 4.69) is 9.97 Å². The third-order valence-corrected chi connectivity index (χ3v) is 2.82. The van der Waals surface area contributed by atoms with Crippen molar-refractivity contribution in [3.63, 3.8) is 0 Å². The van der Waals surface area contributed by atoms with Crippen LogP contribution in [-0.4, -0.2) is 9.97 Å². The fourth-order valence-electron chi connectivity index (χ4n) is 1.36. The van der Waals surface area contributed by atoms with Gasteiger partial charge < -0.3 is 5.73 Å². The first-order chi connectivity index (χ1) is 7.95.